The second-order valence-corrected chi connectivity index (χ2v) is 5.13. The largest absolute Gasteiger partial charge is 0.388 e. The summed E-state index contributed by atoms with van der Waals surface area (Å²) in [6, 6.07) is 3.94. The van der Waals surface area contributed by atoms with Gasteiger partial charge in [0.15, 0.2) is 0 Å². The van der Waals surface area contributed by atoms with Gasteiger partial charge in [0, 0.05) is 5.02 Å². The monoisotopic (exact) mass is 240 g/mol. The molecule has 0 saturated carbocycles. The van der Waals surface area contributed by atoms with Gasteiger partial charge >= 0.3 is 0 Å². The van der Waals surface area contributed by atoms with Crippen molar-refractivity contribution in [3.05, 3.63) is 33.8 Å². The molecule has 0 amide bonds. The van der Waals surface area contributed by atoms with E-state index in [2.05, 4.69) is 13.8 Å². The van der Waals surface area contributed by atoms with Crippen LogP contribution in [0.2, 0.25) is 5.02 Å². The minimum Gasteiger partial charge on any atom is -0.388 e. The summed E-state index contributed by atoms with van der Waals surface area (Å²) in [5.74, 6) is 0.521. The van der Waals surface area contributed by atoms with Gasteiger partial charge in [-0.1, -0.05) is 37.9 Å². The van der Waals surface area contributed by atoms with E-state index in [4.69, 9.17) is 11.6 Å². The predicted octanol–water partition coefficient (Wildman–Crippen LogP) is 4.43. The fraction of sp³-hybridized carbons (Fsp3) is 0.571. The average Bonchev–Trinajstić information content (AvgIpc) is 2.23. The molecule has 0 aliphatic rings. The second-order valence-electron chi connectivity index (χ2n) is 4.72. The van der Waals surface area contributed by atoms with Crippen LogP contribution >= 0.6 is 11.6 Å². The SMILES string of the molecule is CCC(C)CC(O)c1cc(C)c(C)cc1Cl. The van der Waals surface area contributed by atoms with Gasteiger partial charge in [-0.25, -0.2) is 0 Å². The Morgan fingerprint density at radius 1 is 1.25 bits per heavy atom. The third-order valence-electron chi connectivity index (χ3n) is 3.29. The predicted molar refractivity (Wildman–Crippen MR) is 70.0 cm³/mol. The minimum absolute atomic E-state index is 0.443. The highest BCUT2D eigenvalue weighted by molar-refractivity contribution is 6.31. The van der Waals surface area contributed by atoms with Crippen LogP contribution in [-0.2, 0) is 0 Å². The van der Waals surface area contributed by atoms with Gasteiger partial charge in [-0.2, -0.15) is 0 Å². The molecule has 0 spiro atoms. The fourth-order valence-corrected chi connectivity index (χ4v) is 2.08. The molecule has 16 heavy (non-hydrogen) atoms. The number of hydrogen-bond donors (Lipinski definition) is 1. The molecule has 2 heteroatoms. The molecule has 2 unspecified atom stereocenters. The number of aliphatic hydroxyl groups excluding tert-OH is 1. The third kappa shape index (κ3) is 3.23. The third-order valence-corrected chi connectivity index (χ3v) is 3.62. The van der Waals surface area contributed by atoms with E-state index < -0.39 is 6.10 Å². The highest BCUT2D eigenvalue weighted by atomic mass is 35.5. The molecule has 0 radical (unpaired) electrons. The van der Waals surface area contributed by atoms with E-state index in [9.17, 15) is 5.11 Å². The molecule has 0 fully saturated rings. The maximum atomic E-state index is 10.1. The van der Waals surface area contributed by atoms with Crippen molar-refractivity contribution in [2.24, 2.45) is 5.92 Å². The highest BCUT2D eigenvalue weighted by Gasteiger charge is 2.15. The molecule has 90 valence electrons. The number of rotatable bonds is 4. The topological polar surface area (TPSA) is 20.2 Å². The molecule has 1 aromatic carbocycles. The van der Waals surface area contributed by atoms with E-state index in [-0.39, 0.29) is 0 Å². The quantitative estimate of drug-likeness (QED) is 0.826. The Labute approximate surface area is 103 Å². The lowest BCUT2D eigenvalue weighted by atomic mass is 9.94. The van der Waals surface area contributed by atoms with Gasteiger partial charge in [-0.3, -0.25) is 0 Å². The molecular formula is C14H21ClO. The van der Waals surface area contributed by atoms with Crippen molar-refractivity contribution in [2.45, 2.75) is 46.6 Å². The van der Waals surface area contributed by atoms with Crippen LogP contribution in [0, 0.1) is 19.8 Å². The van der Waals surface area contributed by atoms with Crippen LogP contribution in [0.3, 0.4) is 0 Å². The summed E-state index contributed by atoms with van der Waals surface area (Å²) in [6.45, 7) is 8.37. The van der Waals surface area contributed by atoms with E-state index in [0.29, 0.717) is 10.9 Å². The lowest BCUT2D eigenvalue weighted by Gasteiger charge is -2.17. The smallest absolute Gasteiger partial charge is 0.0807 e. The summed E-state index contributed by atoms with van der Waals surface area (Å²) >= 11 is 6.16. The molecule has 1 aromatic rings. The molecule has 0 saturated heterocycles. The Balaban J connectivity index is 2.91. The first kappa shape index (κ1) is 13.5. The lowest BCUT2D eigenvalue weighted by molar-refractivity contribution is 0.146. The normalized spacial score (nSPS) is 14.9. The summed E-state index contributed by atoms with van der Waals surface area (Å²) < 4.78 is 0. The van der Waals surface area contributed by atoms with Crippen LogP contribution in [-0.4, -0.2) is 5.11 Å². The summed E-state index contributed by atoms with van der Waals surface area (Å²) in [5.41, 5.74) is 3.22. The van der Waals surface area contributed by atoms with Gasteiger partial charge in [0.2, 0.25) is 0 Å². The van der Waals surface area contributed by atoms with Gasteiger partial charge < -0.3 is 5.11 Å². The van der Waals surface area contributed by atoms with Gasteiger partial charge in [-0.05, 0) is 48.9 Å². The molecule has 0 bridgehead atoms. The van der Waals surface area contributed by atoms with Crippen molar-refractivity contribution in [2.75, 3.05) is 0 Å². The molecule has 0 heterocycles. The summed E-state index contributed by atoms with van der Waals surface area (Å²) in [5, 5.41) is 10.8. The first-order chi connectivity index (χ1) is 7.45. The van der Waals surface area contributed by atoms with Crippen LogP contribution in [0.15, 0.2) is 12.1 Å². The van der Waals surface area contributed by atoms with Gasteiger partial charge in [0.25, 0.3) is 0 Å². The van der Waals surface area contributed by atoms with Crippen molar-refractivity contribution < 1.29 is 5.11 Å². The number of benzene rings is 1. The van der Waals surface area contributed by atoms with Gasteiger partial charge in [0.1, 0.15) is 0 Å². The number of halogens is 1. The zero-order valence-corrected chi connectivity index (χ0v) is 11.3. The molecule has 0 aliphatic carbocycles. The summed E-state index contributed by atoms with van der Waals surface area (Å²) in [7, 11) is 0. The van der Waals surface area contributed by atoms with E-state index in [1.807, 2.05) is 26.0 Å². The average molecular weight is 241 g/mol. The summed E-state index contributed by atoms with van der Waals surface area (Å²) in [4.78, 5) is 0. The van der Waals surface area contributed by atoms with Gasteiger partial charge in [0.05, 0.1) is 6.10 Å². The van der Waals surface area contributed by atoms with Gasteiger partial charge in [-0.15, -0.1) is 0 Å². The van der Waals surface area contributed by atoms with Crippen molar-refractivity contribution in [1.29, 1.82) is 0 Å². The van der Waals surface area contributed by atoms with Crippen molar-refractivity contribution in [3.8, 4) is 0 Å². The van der Waals surface area contributed by atoms with E-state index in [1.54, 1.807) is 0 Å². The number of hydrogen-bond acceptors (Lipinski definition) is 1. The van der Waals surface area contributed by atoms with Crippen molar-refractivity contribution >= 4 is 11.6 Å². The van der Waals surface area contributed by atoms with Crippen LogP contribution in [0.4, 0.5) is 0 Å². The molecule has 1 N–H and O–H groups in total. The van der Waals surface area contributed by atoms with Crippen LogP contribution < -0.4 is 0 Å². The van der Waals surface area contributed by atoms with Crippen LogP contribution in [0.5, 0.6) is 0 Å². The molecule has 0 aliphatic heterocycles. The summed E-state index contributed by atoms with van der Waals surface area (Å²) in [6.07, 6.45) is 1.42. The van der Waals surface area contributed by atoms with Crippen LogP contribution in [0.25, 0.3) is 0 Å². The Morgan fingerprint density at radius 2 is 1.81 bits per heavy atom. The molecular weight excluding hydrogens is 220 g/mol. The maximum absolute atomic E-state index is 10.1. The fourth-order valence-electron chi connectivity index (χ4n) is 1.73. The maximum Gasteiger partial charge on any atom is 0.0807 e. The zero-order chi connectivity index (χ0) is 12.3. The Hall–Kier alpha value is -0.530. The number of aliphatic hydroxyl groups is 1. The molecule has 0 aromatic heterocycles. The first-order valence-electron chi connectivity index (χ1n) is 5.90. The van der Waals surface area contributed by atoms with Crippen LogP contribution in [0.1, 0.15) is 49.5 Å². The first-order valence-corrected chi connectivity index (χ1v) is 6.28. The van der Waals surface area contributed by atoms with E-state index >= 15 is 0 Å². The minimum atomic E-state index is -0.443. The zero-order valence-electron chi connectivity index (χ0n) is 10.5. The number of aryl methyl sites for hydroxylation is 2. The van der Waals surface area contributed by atoms with Crippen molar-refractivity contribution in [1.82, 2.24) is 0 Å². The van der Waals surface area contributed by atoms with E-state index in [1.165, 1.54) is 11.1 Å². The molecule has 2 atom stereocenters. The molecule has 1 rings (SSSR count). The second kappa shape index (κ2) is 5.70. The lowest BCUT2D eigenvalue weighted by Crippen LogP contribution is -2.05. The highest BCUT2D eigenvalue weighted by Crippen LogP contribution is 2.30. The van der Waals surface area contributed by atoms with E-state index in [0.717, 1.165) is 18.4 Å². The Kier molecular flexibility index (Phi) is 4.82. The Morgan fingerprint density at radius 3 is 2.38 bits per heavy atom. The van der Waals surface area contributed by atoms with Crippen molar-refractivity contribution in [3.63, 3.8) is 0 Å². The Bertz CT molecular complexity index is 360. The standard InChI is InChI=1S/C14H21ClO/c1-5-9(2)6-14(16)12-7-10(3)11(4)8-13(12)15/h7-9,14,16H,5-6H2,1-4H3. The molecule has 1 nitrogen and oxygen atoms in total.